The van der Waals surface area contributed by atoms with Crippen LogP contribution < -0.4 is 5.56 Å². The lowest BCUT2D eigenvalue weighted by Crippen LogP contribution is -2.22. The van der Waals surface area contributed by atoms with E-state index in [1.54, 1.807) is 19.2 Å². The first-order valence-electron chi connectivity index (χ1n) is 10.9. The number of fused-ring (bicyclic) bond motifs is 1. The van der Waals surface area contributed by atoms with E-state index in [2.05, 4.69) is 32.3 Å². The molecule has 174 valence electrons. The Bertz CT molecular complexity index is 1270. The molecule has 0 N–H and O–H groups in total. The zero-order chi connectivity index (χ0) is 23.7. The van der Waals surface area contributed by atoms with E-state index in [1.807, 2.05) is 6.07 Å². The van der Waals surface area contributed by atoms with Gasteiger partial charge < -0.3 is 13.9 Å². The number of imidazole rings is 1. The lowest BCUT2D eigenvalue weighted by atomic mass is 9.95. The highest BCUT2D eigenvalue weighted by Crippen LogP contribution is 2.31. The molecular formula is C24H33N3O4S. The van der Waals surface area contributed by atoms with Crippen molar-refractivity contribution in [2.75, 3.05) is 13.7 Å². The number of ether oxygens (including phenoxy) is 1. The molecule has 0 saturated heterocycles. The SMILES string of the molecule is CCC(CCOC)Cn1c(C(C)(C)C)nc2cc(S(=O)(=O)c3ccc(=O)n(C)c3)ccc21. The number of hydrogen-bond acceptors (Lipinski definition) is 5. The Kier molecular flexibility index (Phi) is 6.95. The zero-order valence-electron chi connectivity index (χ0n) is 19.8. The number of pyridine rings is 1. The summed E-state index contributed by atoms with van der Waals surface area (Å²) in [5.74, 6) is 1.36. The van der Waals surface area contributed by atoms with Crippen LogP contribution in [0.25, 0.3) is 11.0 Å². The standard InChI is InChI=1S/C24H33N3O4S/c1-7-17(12-13-31-6)15-27-21-10-8-18(14-20(21)25-23(27)24(2,3)4)32(29,30)19-9-11-22(28)26(5)16-19/h8-11,14,16-17H,7,12-13,15H2,1-6H3. The zero-order valence-corrected chi connectivity index (χ0v) is 20.6. The van der Waals surface area contributed by atoms with E-state index in [0.29, 0.717) is 18.0 Å². The topological polar surface area (TPSA) is 83.2 Å². The van der Waals surface area contributed by atoms with Gasteiger partial charge in [0.15, 0.2) is 0 Å². The van der Waals surface area contributed by atoms with Crippen LogP contribution in [0.1, 0.15) is 46.4 Å². The number of rotatable bonds is 8. The highest BCUT2D eigenvalue weighted by molar-refractivity contribution is 7.91. The molecule has 0 fully saturated rings. The predicted molar refractivity (Wildman–Crippen MR) is 126 cm³/mol. The van der Waals surface area contributed by atoms with Gasteiger partial charge in [-0.15, -0.1) is 0 Å². The first kappa shape index (κ1) is 24.2. The molecule has 0 radical (unpaired) electrons. The highest BCUT2D eigenvalue weighted by atomic mass is 32.2. The fourth-order valence-corrected chi connectivity index (χ4v) is 5.20. The van der Waals surface area contributed by atoms with Gasteiger partial charge in [-0.1, -0.05) is 34.1 Å². The molecule has 0 aliphatic carbocycles. The third-order valence-electron chi connectivity index (χ3n) is 5.82. The number of nitrogens with zero attached hydrogens (tertiary/aromatic N) is 3. The monoisotopic (exact) mass is 459 g/mol. The van der Waals surface area contributed by atoms with E-state index in [9.17, 15) is 13.2 Å². The van der Waals surface area contributed by atoms with E-state index < -0.39 is 9.84 Å². The van der Waals surface area contributed by atoms with Crippen LogP contribution in [-0.2, 0) is 33.6 Å². The number of aryl methyl sites for hydroxylation is 1. The fraction of sp³-hybridized carbons (Fsp3) is 0.500. The van der Waals surface area contributed by atoms with Crippen molar-refractivity contribution in [2.24, 2.45) is 13.0 Å². The summed E-state index contributed by atoms with van der Waals surface area (Å²) in [4.78, 5) is 16.8. The van der Waals surface area contributed by atoms with Gasteiger partial charge in [0.25, 0.3) is 0 Å². The van der Waals surface area contributed by atoms with Gasteiger partial charge in [-0.2, -0.15) is 0 Å². The van der Waals surface area contributed by atoms with E-state index in [0.717, 1.165) is 30.7 Å². The van der Waals surface area contributed by atoms with Gasteiger partial charge in [0.1, 0.15) is 5.82 Å². The van der Waals surface area contributed by atoms with E-state index in [-0.39, 0.29) is 20.8 Å². The van der Waals surface area contributed by atoms with E-state index in [1.165, 1.54) is 29.9 Å². The minimum Gasteiger partial charge on any atom is -0.385 e. The summed E-state index contributed by atoms with van der Waals surface area (Å²) < 4.78 is 35.2. The van der Waals surface area contributed by atoms with Crippen LogP contribution >= 0.6 is 0 Å². The van der Waals surface area contributed by atoms with Crippen molar-refractivity contribution in [3.05, 3.63) is 52.7 Å². The third-order valence-corrected chi connectivity index (χ3v) is 7.55. The first-order valence-corrected chi connectivity index (χ1v) is 12.4. The van der Waals surface area contributed by atoms with Gasteiger partial charge in [0.2, 0.25) is 15.4 Å². The Balaban J connectivity index is 2.11. The Morgan fingerprint density at radius 1 is 1.12 bits per heavy atom. The molecule has 32 heavy (non-hydrogen) atoms. The number of benzene rings is 1. The largest absolute Gasteiger partial charge is 0.385 e. The van der Waals surface area contributed by atoms with Crippen LogP contribution in [0.3, 0.4) is 0 Å². The molecule has 2 aromatic heterocycles. The Morgan fingerprint density at radius 3 is 2.41 bits per heavy atom. The quantitative estimate of drug-likeness (QED) is 0.510. The molecule has 3 aromatic rings. The lowest BCUT2D eigenvalue weighted by molar-refractivity contribution is 0.171. The first-order chi connectivity index (χ1) is 15.0. The van der Waals surface area contributed by atoms with Gasteiger partial charge in [0, 0.05) is 45.0 Å². The number of aromatic nitrogens is 3. The molecule has 2 heterocycles. The summed E-state index contributed by atoms with van der Waals surface area (Å²) in [5, 5.41) is 0. The Hall–Kier alpha value is -2.45. The number of methoxy groups -OCH3 is 1. The van der Waals surface area contributed by atoms with Crippen LogP contribution in [-0.4, -0.2) is 36.3 Å². The Labute approximate surface area is 190 Å². The summed E-state index contributed by atoms with van der Waals surface area (Å²) in [6.45, 7) is 10.0. The van der Waals surface area contributed by atoms with E-state index >= 15 is 0 Å². The maximum Gasteiger partial charge on any atom is 0.250 e. The van der Waals surface area contributed by atoms with Crippen LogP contribution in [0.4, 0.5) is 0 Å². The van der Waals surface area contributed by atoms with Crippen molar-refractivity contribution < 1.29 is 13.2 Å². The lowest BCUT2D eigenvalue weighted by Gasteiger charge is -2.23. The van der Waals surface area contributed by atoms with Crippen molar-refractivity contribution >= 4 is 20.9 Å². The smallest absolute Gasteiger partial charge is 0.250 e. The molecule has 3 rings (SSSR count). The van der Waals surface area contributed by atoms with Gasteiger partial charge >= 0.3 is 0 Å². The minimum absolute atomic E-state index is 0.0834. The van der Waals surface area contributed by atoms with E-state index in [4.69, 9.17) is 9.72 Å². The maximum absolute atomic E-state index is 13.2. The molecule has 0 amide bonds. The molecular weight excluding hydrogens is 426 g/mol. The normalized spacial score (nSPS) is 13.6. The van der Waals surface area contributed by atoms with Crippen LogP contribution in [0, 0.1) is 5.92 Å². The van der Waals surface area contributed by atoms with Crippen LogP contribution in [0.2, 0.25) is 0 Å². The van der Waals surface area contributed by atoms with Gasteiger partial charge in [-0.25, -0.2) is 13.4 Å². The molecule has 0 aliphatic rings. The summed E-state index contributed by atoms with van der Waals surface area (Å²) in [6.07, 6.45) is 3.32. The second-order valence-corrected chi connectivity index (χ2v) is 11.3. The van der Waals surface area contributed by atoms with Crippen LogP contribution in [0.5, 0.6) is 0 Å². The maximum atomic E-state index is 13.2. The molecule has 1 unspecified atom stereocenters. The molecule has 1 aromatic carbocycles. The van der Waals surface area contributed by atoms with Gasteiger partial charge in [-0.3, -0.25) is 4.79 Å². The summed E-state index contributed by atoms with van der Waals surface area (Å²) in [6, 6.07) is 7.72. The average Bonchev–Trinajstić information content (AvgIpc) is 3.11. The van der Waals surface area contributed by atoms with Crippen molar-refractivity contribution in [1.82, 2.24) is 14.1 Å². The molecule has 0 bridgehead atoms. The molecule has 1 atom stereocenters. The molecule has 0 saturated carbocycles. The van der Waals surface area contributed by atoms with Gasteiger partial charge in [0.05, 0.1) is 20.8 Å². The third kappa shape index (κ3) is 4.81. The fourth-order valence-electron chi connectivity index (χ4n) is 3.86. The predicted octanol–water partition coefficient (Wildman–Crippen LogP) is 3.93. The molecule has 0 spiro atoms. The van der Waals surface area contributed by atoms with Crippen molar-refractivity contribution in [3.63, 3.8) is 0 Å². The highest BCUT2D eigenvalue weighted by Gasteiger charge is 2.26. The summed E-state index contributed by atoms with van der Waals surface area (Å²) in [5.41, 5.74) is 1.12. The average molecular weight is 460 g/mol. The minimum atomic E-state index is -3.77. The molecule has 8 heteroatoms. The Morgan fingerprint density at radius 2 is 1.81 bits per heavy atom. The second kappa shape index (κ2) is 9.19. The summed E-state index contributed by atoms with van der Waals surface area (Å²) in [7, 11) is -0.522. The summed E-state index contributed by atoms with van der Waals surface area (Å²) >= 11 is 0. The second-order valence-electron chi connectivity index (χ2n) is 9.32. The molecule has 0 aliphatic heterocycles. The van der Waals surface area contributed by atoms with Crippen molar-refractivity contribution in [1.29, 1.82) is 0 Å². The number of sulfone groups is 1. The van der Waals surface area contributed by atoms with Crippen molar-refractivity contribution in [2.45, 2.75) is 62.3 Å². The van der Waals surface area contributed by atoms with Gasteiger partial charge in [-0.05, 0) is 36.6 Å². The van der Waals surface area contributed by atoms with Crippen molar-refractivity contribution in [3.8, 4) is 0 Å². The molecule has 7 nitrogen and oxygen atoms in total. The number of hydrogen-bond donors (Lipinski definition) is 0. The van der Waals surface area contributed by atoms with Crippen LogP contribution in [0.15, 0.2) is 51.1 Å².